The van der Waals surface area contributed by atoms with Gasteiger partial charge in [-0.3, -0.25) is 4.18 Å². The number of hydrogen-bond acceptors (Lipinski definition) is 4. The van der Waals surface area contributed by atoms with Crippen LogP contribution < -0.4 is 0 Å². The van der Waals surface area contributed by atoms with Crippen molar-refractivity contribution in [1.82, 2.24) is 0 Å². The van der Waals surface area contributed by atoms with Crippen LogP contribution in [0.3, 0.4) is 0 Å². The lowest BCUT2D eigenvalue weighted by atomic mass is 10.8. The molecule has 0 saturated carbocycles. The fourth-order valence-electron chi connectivity index (χ4n) is 0.300. The first-order valence-electron chi connectivity index (χ1n) is 2.79. The summed E-state index contributed by atoms with van der Waals surface area (Å²) in [6.45, 7) is -0.649. The summed E-state index contributed by atoms with van der Waals surface area (Å²) in [5.41, 5.74) is -5.14. The number of halogens is 3. The summed E-state index contributed by atoms with van der Waals surface area (Å²) in [6.07, 6.45) is 0. The molecule has 0 saturated heterocycles. The number of alkyl halides is 3. The van der Waals surface area contributed by atoms with Crippen LogP contribution in [0, 0.1) is 0 Å². The Labute approximate surface area is 68.8 Å². The van der Waals surface area contributed by atoms with Gasteiger partial charge in [0, 0.05) is 7.11 Å². The Morgan fingerprint density at radius 2 is 1.75 bits per heavy atom. The topological polar surface area (TPSA) is 58.9 Å². The highest BCUT2D eigenvalue weighted by Crippen LogP contribution is 2.56. The monoisotopic (exact) mass is 210 g/mol. The van der Waals surface area contributed by atoms with E-state index in [1.54, 1.807) is 0 Å². The lowest BCUT2D eigenvalue weighted by Crippen LogP contribution is -2.22. The van der Waals surface area contributed by atoms with Crippen molar-refractivity contribution < 1.29 is 31.2 Å². The quantitative estimate of drug-likeness (QED) is 0.695. The predicted octanol–water partition coefficient (Wildman–Crippen LogP) is 1.83. The molecule has 0 rings (SSSR count). The molecule has 0 aliphatic rings. The summed E-state index contributed by atoms with van der Waals surface area (Å²) >= 11 is 0. The largest absolute Gasteiger partial charge is 0.493 e. The van der Waals surface area contributed by atoms with Crippen LogP contribution in [-0.4, -0.2) is 34.9 Å². The van der Waals surface area contributed by atoms with E-state index in [1.807, 2.05) is 0 Å². The number of hydrogen-bond donors (Lipinski definition) is 2. The molecule has 0 atom stereocenters. The van der Waals surface area contributed by atoms with Crippen molar-refractivity contribution in [2.45, 2.75) is 5.51 Å². The second kappa shape index (κ2) is 4.28. The zero-order valence-electron chi connectivity index (χ0n) is 6.17. The average molecular weight is 210 g/mol. The molecule has 0 amide bonds. The maximum absolute atomic E-state index is 11.6. The van der Waals surface area contributed by atoms with Gasteiger partial charge in [-0.25, -0.2) is 0 Å². The average Bonchev–Trinajstić information content (AvgIpc) is 1.85. The van der Waals surface area contributed by atoms with Crippen molar-refractivity contribution in [3.63, 3.8) is 0 Å². The summed E-state index contributed by atoms with van der Waals surface area (Å²) in [7, 11) is -3.70. The van der Waals surface area contributed by atoms with Gasteiger partial charge in [-0.15, -0.1) is 0 Å². The highest BCUT2D eigenvalue weighted by molar-refractivity contribution is 8.20. The maximum atomic E-state index is 11.6. The Morgan fingerprint density at radius 1 is 1.25 bits per heavy atom. The van der Waals surface area contributed by atoms with Crippen LogP contribution in [0.4, 0.5) is 13.2 Å². The summed E-state index contributed by atoms with van der Waals surface area (Å²) in [4.78, 5) is 0. The third kappa shape index (κ3) is 3.59. The zero-order valence-corrected chi connectivity index (χ0v) is 6.98. The lowest BCUT2D eigenvalue weighted by Gasteiger charge is -2.27. The van der Waals surface area contributed by atoms with Crippen LogP contribution in [-0.2, 0) is 8.92 Å². The fourth-order valence-corrected chi connectivity index (χ4v) is 0.734. The van der Waals surface area contributed by atoms with Crippen LogP contribution in [0.15, 0.2) is 0 Å². The van der Waals surface area contributed by atoms with Gasteiger partial charge in [0.1, 0.15) is 0 Å². The van der Waals surface area contributed by atoms with Crippen LogP contribution in [0.2, 0.25) is 0 Å². The second-order valence-corrected chi connectivity index (χ2v) is 3.45. The van der Waals surface area contributed by atoms with Gasteiger partial charge >= 0.3 is 5.51 Å². The van der Waals surface area contributed by atoms with Gasteiger partial charge in [0.2, 0.25) is 0 Å². The van der Waals surface area contributed by atoms with Crippen LogP contribution >= 0.6 is 10.9 Å². The molecule has 0 aromatic rings. The third-order valence-corrected chi connectivity index (χ3v) is 1.93. The van der Waals surface area contributed by atoms with Crippen molar-refractivity contribution >= 4 is 10.9 Å². The summed E-state index contributed by atoms with van der Waals surface area (Å²) in [6, 6.07) is 0. The van der Waals surface area contributed by atoms with Crippen molar-refractivity contribution in [2.75, 3.05) is 20.3 Å². The number of methoxy groups -OCH3 is 1. The SMILES string of the molecule is COCCOS(O)(O)C(F)(F)F. The molecule has 0 spiro atoms. The van der Waals surface area contributed by atoms with Crippen molar-refractivity contribution in [3.05, 3.63) is 0 Å². The summed E-state index contributed by atoms with van der Waals surface area (Å²) < 4.78 is 59.7. The molecule has 0 radical (unpaired) electrons. The van der Waals surface area contributed by atoms with E-state index in [2.05, 4.69) is 8.92 Å². The smallest absolute Gasteiger partial charge is 0.382 e. The van der Waals surface area contributed by atoms with Gasteiger partial charge in [-0.05, 0) is 0 Å². The van der Waals surface area contributed by atoms with Gasteiger partial charge in [-0.2, -0.15) is 13.2 Å². The minimum atomic E-state index is -5.14. The Balaban J connectivity index is 3.88. The molecule has 0 aliphatic carbocycles. The van der Waals surface area contributed by atoms with E-state index in [0.717, 1.165) is 0 Å². The zero-order chi connectivity index (χ0) is 9.83. The van der Waals surface area contributed by atoms with Gasteiger partial charge in [-0.1, -0.05) is 0 Å². The normalized spacial score (nSPS) is 14.8. The highest BCUT2D eigenvalue weighted by atomic mass is 32.3. The molecular formula is C4H9F3O4S. The summed E-state index contributed by atoms with van der Waals surface area (Å²) in [5.74, 6) is 0. The minimum Gasteiger partial charge on any atom is -0.382 e. The second-order valence-electron chi connectivity index (χ2n) is 1.76. The lowest BCUT2D eigenvalue weighted by molar-refractivity contribution is -0.0679. The van der Waals surface area contributed by atoms with Gasteiger partial charge in [0.25, 0.3) is 0 Å². The summed E-state index contributed by atoms with van der Waals surface area (Å²) in [5, 5.41) is 0. The Bertz CT molecular complexity index is 137. The van der Waals surface area contributed by atoms with E-state index in [0.29, 0.717) is 0 Å². The Morgan fingerprint density at radius 3 is 2.08 bits per heavy atom. The van der Waals surface area contributed by atoms with Crippen molar-refractivity contribution in [2.24, 2.45) is 0 Å². The fraction of sp³-hybridized carbons (Fsp3) is 1.00. The predicted molar refractivity (Wildman–Crippen MR) is 36.7 cm³/mol. The van der Waals surface area contributed by atoms with E-state index in [4.69, 9.17) is 9.11 Å². The number of ether oxygens (including phenoxy) is 1. The van der Waals surface area contributed by atoms with Crippen molar-refractivity contribution in [1.29, 1.82) is 0 Å². The molecule has 0 aliphatic heterocycles. The Kier molecular flexibility index (Phi) is 4.28. The molecule has 0 aromatic heterocycles. The van der Waals surface area contributed by atoms with E-state index in [9.17, 15) is 13.2 Å². The van der Waals surface area contributed by atoms with Crippen molar-refractivity contribution in [3.8, 4) is 0 Å². The molecule has 76 valence electrons. The molecule has 12 heavy (non-hydrogen) atoms. The molecule has 0 fully saturated rings. The van der Waals surface area contributed by atoms with E-state index >= 15 is 0 Å². The van der Waals surface area contributed by atoms with Crippen LogP contribution in [0.5, 0.6) is 0 Å². The standard InChI is InChI=1S/C4H9F3O4S/c1-10-2-3-11-12(8,9)4(5,6)7/h8-9H,2-3H2,1H3. The van der Waals surface area contributed by atoms with Crippen LogP contribution in [0.25, 0.3) is 0 Å². The van der Waals surface area contributed by atoms with Gasteiger partial charge < -0.3 is 13.8 Å². The van der Waals surface area contributed by atoms with Gasteiger partial charge in [0.05, 0.1) is 13.2 Å². The van der Waals surface area contributed by atoms with E-state index in [-0.39, 0.29) is 6.61 Å². The first-order valence-corrected chi connectivity index (χ1v) is 4.26. The van der Waals surface area contributed by atoms with Crippen LogP contribution in [0.1, 0.15) is 0 Å². The molecule has 4 nitrogen and oxygen atoms in total. The molecule has 0 unspecified atom stereocenters. The molecular weight excluding hydrogens is 201 g/mol. The molecule has 8 heteroatoms. The first kappa shape index (κ1) is 12.0. The number of rotatable bonds is 4. The first-order chi connectivity index (χ1) is 5.31. The maximum Gasteiger partial charge on any atom is 0.493 e. The molecule has 2 N–H and O–H groups in total. The third-order valence-electron chi connectivity index (χ3n) is 0.837. The molecule has 0 bridgehead atoms. The molecule has 0 heterocycles. The Hall–Kier alpha value is -0.0200. The molecule has 0 aromatic carbocycles. The van der Waals surface area contributed by atoms with E-state index in [1.165, 1.54) is 7.11 Å². The van der Waals surface area contributed by atoms with E-state index < -0.39 is 23.0 Å². The van der Waals surface area contributed by atoms with Gasteiger partial charge in [0.15, 0.2) is 10.9 Å². The minimum absolute atomic E-state index is 0.133. The highest BCUT2D eigenvalue weighted by Gasteiger charge is 2.50.